The Balaban J connectivity index is 2.18. The zero-order valence-corrected chi connectivity index (χ0v) is 12.0. The quantitative estimate of drug-likeness (QED) is 0.928. The first-order chi connectivity index (χ1) is 10.0. The van der Waals surface area contributed by atoms with Crippen LogP contribution in [-0.4, -0.2) is 41.1 Å². The predicted molar refractivity (Wildman–Crippen MR) is 76.8 cm³/mol. The van der Waals surface area contributed by atoms with E-state index in [1.54, 1.807) is 17.0 Å². The number of aliphatic carboxylic acids is 1. The van der Waals surface area contributed by atoms with Crippen LogP contribution in [0.4, 0.5) is 14.9 Å². The van der Waals surface area contributed by atoms with E-state index < -0.39 is 11.8 Å². The predicted octanol–water partition coefficient (Wildman–Crippen LogP) is 2.71. The number of rotatable bonds is 4. The van der Waals surface area contributed by atoms with Crippen molar-refractivity contribution in [1.29, 1.82) is 0 Å². The summed E-state index contributed by atoms with van der Waals surface area (Å²) in [5.74, 6) is -1.31. The molecule has 1 aliphatic rings. The number of hydrogen-bond donors (Lipinski definition) is 1. The van der Waals surface area contributed by atoms with Gasteiger partial charge >= 0.3 is 12.0 Å². The van der Waals surface area contributed by atoms with Gasteiger partial charge in [-0.3, -0.25) is 9.69 Å². The number of carboxylic acid groups (broad SMARTS) is 1. The molecule has 1 N–H and O–H groups in total. The van der Waals surface area contributed by atoms with Gasteiger partial charge in [0.05, 0.1) is 6.42 Å². The van der Waals surface area contributed by atoms with E-state index in [0.717, 1.165) is 6.42 Å². The molecular formula is C15H19FN2O3. The molecule has 1 aromatic rings. The number of carbonyl (C=O) groups is 2. The van der Waals surface area contributed by atoms with Crippen molar-refractivity contribution in [2.75, 3.05) is 18.0 Å². The van der Waals surface area contributed by atoms with Gasteiger partial charge in [-0.2, -0.15) is 0 Å². The molecule has 1 aromatic carbocycles. The third-order valence-corrected chi connectivity index (χ3v) is 3.70. The lowest BCUT2D eigenvalue weighted by molar-refractivity contribution is -0.137. The van der Waals surface area contributed by atoms with Gasteiger partial charge in [0.1, 0.15) is 5.82 Å². The highest BCUT2D eigenvalue weighted by Crippen LogP contribution is 2.24. The van der Waals surface area contributed by atoms with E-state index in [4.69, 9.17) is 5.11 Å². The summed E-state index contributed by atoms with van der Waals surface area (Å²) in [6, 6.07) is 5.32. The molecule has 2 rings (SSSR count). The number of urea groups is 1. The Labute approximate surface area is 123 Å². The van der Waals surface area contributed by atoms with E-state index >= 15 is 0 Å². The molecule has 6 heteroatoms. The summed E-state index contributed by atoms with van der Waals surface area (Å²) in [5.41, 5.74) is 0.489. The van der Waals surface area contributed by atoms with Crippen LogP contribution in [0.5, 0.6) is 0 Å². The fourth-order valence-corrected chi connectivity index (χ4v) is 2.73. The molecule has 0 radical (unpaired) electrons. The Kier molecular flexibility index (Phi) is 4.77. The molecule has 0 aliphatic carbocycles. The summed E-state index contributed by atoms with van der Waals surface area (Å²) >= 11 is 0. The standard InChI is InChI=1S/C15H19FN2O3/c1-2-17(12-6-3-5-11(16)9-12)15(21)18-8-4-7-13(18)10-14(19)20/h3,5-6,9,13H,2,4,7-8,10H2,1H3,(H,19,20). The van der Waals surface area contributed by atoms with Crippen LogP contribution in [0.25, 0.3) is 0 Å². The number of carbonyl (C=O) groups excluding carboxylic acids is 1. The van der Waals surface area contributed by atoms with Gasteiger partial charge in [0.2, 0.25) is 0 Å². The minimum absolute atomic E-state index is 0.0492. The van der Waals surface area contributed by atoms with Gasteiger partial charge in [0, 0.05) is 24.8 Å². The monoisotopic (exact) mass is 294 g/mol. The molecule has 1 fully saturated rings. The van der Waals surface area contributed by atoms with E-state index in [0.29, 0.717) is 25.2 Å². The van der Waals surface area contributed by atoms with Crippen LogP contribution in [0.15, 0.2) is 24.3 Å². The Hall–Kier alpha value is -2.11. The molecule has 1 unspecified atom stereocenters. The second kappa shape index (κ2) is 6.56. The first-order valence-electron chi connectivity index (χ1n) is 7.08. The van der Waals surface area contributed by atoms with Crippen LogP contribution in [0, 0.1) is 5.82 Å². The summed E-state index contributed by atoms with van der Waals surface area (Å²) < 4.78 is 13.3. The lowest BCUT2D eigenvalue weighted by atomic mass is 10.1. The Morgan fingerprint density at radius 3 is 2.86 bits per heavy atom. The highest BCUT2D eigenvalue weighted by molar-refractivity contribution is 5.92. The van der Waals surface area contributed by atoms with Crippen LogP contribution < -0.4 is 4.90 Å². The Morgan fingerprint density at radius 2 is 2.24 bits per heavy atom. The average Bonchev–Trinajstić information content (AvgIpc) is 2.86. The Morgan fingerprint density at radius 1 is 1.48 bits per heavy atom. The number of nitrogens with zero attached hydrogens (tertiary/aromatic N) is 2. The maximum atomic E-state index is 13.3. The fraction of sp³-hybridized carbons (Fsp3) is 0.467. The van der Waals surface area contributed by atoms with Crippen molar-refractivity contribution in [2.24, 2.45) is 0 Å². The van der Waals surface area contributed by atoms with Gasteiger partial charge in [-0.15, -0.1) is 0 Å². The molecule has 0 bridgehead atoms. The summed E-state index contributed by atoms with van der Waals surface area (Å²) in [7, 11) is 0. The Bertz CT molecular complexity index is 535. The van der Waals surface area contributed by atoms with Gasteiger partial charge in [-0.05, 0) is 38.0 Å². The summed E-state index contributed by atoms with van der Waals surface area (Å²) in [4.78, 5) is 26.6. The zero-order valence-electron chi connectivity index (χ0n) is 12.0. The molecule has 5 nitrogen and oxygen atoms in total. The second-order valence-electron chi connectivity index (χ2n) is 5.09. The topological polar surface area (TPSA) is 60.9 Å². The lowest BCUT2D eigenvalue weighted by Crippen LogP contribution is -2.46. The van der Waals surface area contributed by atoms with E-state index in [-0.39, 0.29) is 18.5 Å². The van der Waals surface area contributed by atoms with Crippen molar-refractivity contribution in [2.45, 2.75) is 32.2 Å². The minimum Gasteiger partial charge on any atom is -0.481 e. The number of carboxylic acids is 1. The maximum Gasteiger partial charge on any atom is 0.324 e. The van der Waals surface area contributed by atoms with Crippen LogP contribution >= 0.6 is 0 Å². The molecule has 2 amide bonds. The van der Waals surface area contributed by atoms with E-state index in [1.165, 1.54) is 17.0 Å². The molecule has 1 heterocycles. The molecule has 0 spiro atoms. The number of halogens is 1. The maximum absolute atomic E-state index is 13.3. The molecular weight excluding hydrogens is 275 g/mol. The fourth-order valence-electron chi connectivity index (χ4n) is 2.73. The largest absolute Gasteiger partial charge is 0.481 e. The summed E-state index contributed by atoms with van der Waals surface area (Å²) in [6.07, 6.45) is 1.44. The summed E-state index contributed by atoms with van der Waals surface area (Å²) in [5, 5.41) is 8.92. The number of benzene rings is 1. The first kappa shape index (κ1) is 15.3. The highest BCUT2D eigenvalue weighted by atomic mass is 19.1. The van der Waals surface area contributed by atoms with E-state index in [2.05, 4.69) is 0 Å². The minimum atomic E-state index is -0.909. The zero-order chi connectivity index (χ0) is 15.4. The van der Waals surface area contributed by atoms with Crippen molar-refractivity contribution in [3.8, 4) is 0 Å². The summed E-state index contributed by atoms with van der Waals surface area (Å²) in [6.45, 7) is 2.76. The van der Waals surface area contributed by atoms with Crippen LogP contribution in [-0.2, 0) is 4.79 Å². The van der Waals surface area contributed by atoms with Crippen molar-refractivity contribution in [1.82, 2.24) is 4.90 Å². The van der Waals surface area contributed by atoms with Crippen molar-refractivity contribution in [3.63, 3.8) is 0 Å². The van der Waals surface area contributed by atoms with E-state index in [1.807, 2.05) is 6.92 Å². The third kappa shape index (κ3) is 3.51. The normalized spacial score (nSPS) is 17.8. The number of likely N-dealkylation sites (tertiary alicyclic amines) is 1. The van der Waals surface area contributed by atoms with Crippen molar-refractivity contribution >= 4 is 17.7 Å². The smallest absolute Gasteiger partial charge is 0.324 e. The molecule has 0 saturated carbocycles. The lowest BCUT2D eigenvalue weighted by Gasteiger charge is -2.30. The molecule has 21 heavy (non-hydrogen) atoms. The van der Waals surface area contributed by atoms with Crippen molar-refractivity contribution < 1.29 is 19.1 Å². The molecule has 1 atom stereocenters. The second-order valence-corrected chi connectivity index (χ2v) is 5.09. The van der Waals surface area contributed by atoms with Gasteiger partial charge in [0.25, 0.3) is 0 Å². The molecule has 114 valence electrons. The number of amides is 2. The van der Waals surface area contributed by atoms with Gasteiger partial charge in [0.15, 0.2) is 0 Å². The third-order valence-electron chi connectivity index (χ3n) is 3.70. The van der Waals surface area contributed by atoms with Gasteiger partial charge in [-0.25, -0.2) is 9.18 Å². The van der Waals surface area contributed by atoms with Crippen LogP contribution in [0.1, 0.15) is 26.2 Å². The number of hydrogen-bond acceptors (Lipinski definition) is 2. The molecule has 1 aliphatic heterocycles. The van der Waals surface area contributed by atoms with E-state index in [9.17, 15) is 14.0 Å². The number of anilines is 1. The SMILES string of the molecule is CCN(C(=O)N1CCCC1CC(=O)O)c1cccc(F)c1. The average molecular weight is 294 g/mol. The van der Waals surface area contributed by atoms with Crippen molar-refractivity contribution in [3.05, 3.63) is 30.1 Å². The highest BCUT2D eigenvalue weighted by Gasteiger charge is 2.33. The van der Waals surface area contributed by atoms with Crippen LogP contribution in [0.3, 0.4) is 0 Å². The molecule has 0 aromatic heterocycles. The first-order valence-corrected chi connectivity index (χ1v) is 7.08. The van der Waals surface area contributed by atoms with Crippen LogP contribution in [0.2, 0.25) is 0 Å². The van der Waals surface area contributed by atoms with Gasteiger partial charge in [-0.1, -0.05) is 6.07 Å². The molecule has 1 saturated heterocycles. The van der Waals surface area contributed by atoms with Gasteiger partial charge < -0.3 is 10.0 Å².